The lowest BCUT2D eigenvalue weighted by atomic mass is 10.0. The van der Waals surface area contributed by atoms with Gasteiger partial charge in [0, 0.05) is 25.7 Å². The fraction of sp³-hybridized carbons (Fsp3) is 0.500. The van der Waals surface area contributed by atoms with Crippen molar-refractivity contribution in [3.05, 3.63) is 35.9 Å². The Morgan fingerprint density at radius 2 is 2.00 bits per heavy atom. The Balaban J connectivity index is 2.19. The summed E-state index contributed by atoms with van der Waals surface area (Å²) >= 11 is 0. The molecule has 0 aromatic heterocycles. The maximum Gasteiger partial charge on any atom is 0.325 e. The van der Waals surface area contributed by atoms with Crippen LogP contribution in [0.3, 0.4) is 0 Å². The molecule has 1 aromatic rings. The van der Waals surface area contributed by atoms with Gasteiger partial charge in [0.05, 0.1) is 0 Å². The maximum atomic E-state index is 11.5. The first-order valence-corrected chi connectivity index (χ1v) is 6.31. The summed E-state index contributed by atoms with van der Waals surface area (Å²) in [6, 6.07) is 9.35. The van der Waals surface area contributed by atoms with E-state index in [0.29, 0.717) is 6.04 Å². The van der Waals surface area contributed by atoms with Crippen LogP contribution >= 0.6 is 0 Å². The number of hydrogen-bond donors (Lipinski definition) is 1. The summed E-state index contributed by atoms with van der Waals surface area (Å²) in [4.78, 5) is 15.9. The molecule has 0 saturated carbocycles. The first-order chi connectivity index (χ1) is 8.59. The summed E-state index contributed by atoms with van der Waals surface area (Å²) < 4.78 is 0. The predicted molar refractivity (Wildman–Crippen MR) is 70.5 cm³/mol. The number of carbonyl (C=O) groups is 1. The van der Waals surface area contributed by atoms with E-state index in [2.05, 4.69) is 23.8 Å². The second-order valence-corrected chi connectivity index (χ2v) is 4.98. The predicted octanol–water partition coefficient (Wildman–Crippen LogP) is 1.45. The molecule has 0 radical (unpaired) electrons. The Morgan fingerprint density at radius 1 is 1.33 bits per heavy atom. The molecule has 1 aromatic carbocycles. The molecular formula is C14H20N2O2. The van der Waals surface area contributed by atoms with Gasteiger partial charge in [-0.25, -0.2) is 0 Å². The second-order valence-electron chi connectivity index (χ2n) is 4.98. The monoisotopic (exact) mass is 248 g/mol. The summed E-state index contributed by atoms with van der Waals surface area (Å²) in [6.07, 6.45) is 0. The van der Waals surface area contributed by atoms with Crippen LogP contribution in [0.5, 0.6) is 0 Å². The van der Waals surface area contributed by atoms with Crippen molar-refractivity contribution in [3.63, 3.8) is 0 Å². The van der Waals surface area contributed by atoms with E-state index in [1.807, 2.05) is 30.3 Å². The Hall–Kier alpha value is -1.39. The molecule has 2 rings (SSSR count). The zero-order valence-corrected chi connectivity index (χ0v) is 10.9. The van der Waals surface area contributed by atoms with Gasteiger partial charge < -0.3 is 10.0 Å². The summed E-state index contributed by atoms with van der Waals surface area (Å²) in [5, 5.41) is 9.48. The van der Waals surface area contributed by atoms with E-state index in [-0.39, 0.29) is 0 Å². The van der Waals surface area contributed by atoms with E-state index in [9.17, 15) is 9.90 Å². The molecule has 1 aliphatic heterocycles. The van der Waals surface area contributed by atoms with Gasteiger partial charge in [0.25, 0.3) is 0 Å². The van der Waals surface area contributed by atoms with E-state index in [4.69, 9.17) is 0 Å². The Labute approximate surface area is 108 Å². The van der Waals surface area contributed by atoms with Crippen LogP contribution in [-0.4, -0.2) is 53.6 Å². The van der Waals surface area contributed by atoms with Crippen molar-refractivity contribution >= 4 is 5.97 Å². The fourth-order valence-electron chi connectivity index (χ4n) is 2.46. The van der Waals surface area contributed by atoms with Gasteiger partial charge in [-0.05, 0) is 19.5 Å². The molecule has 1 saturated heterocycles. The molecule has 2 unspecified atom stereocenters. The van der Waals surface area contributed by atoms with Crippen LogP contribution < -0.4 is 0 Å². The zero-order valence-electron chi connectivity index (χ0n) is 10.9. The molecule has 0 amide bonds. The highest BCUT2D eigenvalue weighted by Crippen LogP contribution is 2.23. The molecule has 18 heavy (non-hydrogen) atoms. The average Bonchev–Trinajstić information content (AvgIpc) is 2.35. The molecule has 1 N–H and O–H groups in total. The third-order valence-electron chi connectivity index (χ3n) is 3.71. The molecule has 0 aliphatic carbocycles. The standard InChI is InChI=1S/C14H20N2O2/c1-11-10-16(9-8-15(11)2)13(14(17)18)12-6-4-3-5-7-12/h3-7,11,13H,8-10H2,1-2H3,(H,17,18). The van der Waals surface area contributed by atoms with Crippen molar-refractivity contribution in [1.29, 1.82) is 0 Å². The van der Waals surface area contributed by atoms with Crippen molar-refractivity contribution in [2.45, 2.75) is 19.0 Å². The number of likely N-dealkylation sites (N-methyl/N-ethyl adjacent to an activating group) is 1. The number of carboxylic acids is 1. The van der Waals surface area contributed by atoms with Crippen LogP contribution in [0.15, 0.2) is 30.3 Å². The number of carboxylic acid groups (broad SMARTS) is 1. The van der Waals surface area contributed by atoms with Crippen LogP contribution in [0.2, 0.25) is 0 Å². The van der Waals surface area contributed by atoms with Crippen molar-refractivity contribution in [1.82, 2.24) is 9.80 Å². The quantitative estimate of drug-likeness (QED) is 0.879. The topological polar surface area (TPSA) is 43.8 Å². The third-order valence-corrected chi connectivity index (χ3v) is 3.71. The van der Waals surface area contributed by atoms with Crippen molar-refractivity contribution in [2.24, 2.45) is 0 Å². The number of aliphatic carboxylic acids is 1. The van der Waals surface area contributed by atoms with Gasteiger partial charge in [-0.2, -0.15) is 0 Å². The van der Waals surface area contributed by atoms with Crippen LogP contribution in [0.25, 0.3) is 0 Å². The molecule has 2 atom stereocenters. The molecule has 98 valence electrons. The van der Waals surface area contributed by atoms with Crippen LogP contribution in [0.1, 0.15) is 18.5 Å². The Kier molecular flexibility index (Phi) is 3.99. The number of benzene rings is 1. The highest BCUT2D eigenvalue weighted by Gasteiger charge is 2.31. The van der Waals surface area contributed by atoms with Crippen molar-refractivity contribution in [3.8, 4) is 0 Å². The van der Waals surface area contributed by atoms with Crippen LogP contribution in [-0.2, 0) is 4.79 Å². The number of nitrogens with zero attached hydrogens (tertiary/aromatic N) is 2. The van der Waals surface area contributed by atoms with E-state index >= 15 is 0 Å². The zero-order chi connectivity index (χ0) is 13.1. The third kappa shape index (κ3) is 2.71. The first kappa shape index (κ1) is 13.1. The molecular weight excluding hydrogens is 228 g/mol. The molecule has 0 spiro atoms. The normalized spacial score (nSPS) is 23.8. The Bertz CT molecular complexity index is 408. The minimum atomic E-state index is -0.766. The van der Waals surface area contributed by atoms with Gasteiger partial charge in [-0.15, -0.1) is 0 Å². The number of hydrogen-bond acceptors (Lipinski definition) is 3. The van der Waals surface area contributed by atoms with E-state index in [1.165, 1.54) is 0 Å². The second kappa shape index (κ2) is 5.50. The molecule has 4 nitrogen and oxygen atoms in total. The molecule has 0 bridgehead atoms. The minimum Gasteiger partial charge on any atom is -0.480 e. The fourth-order valence-corrected chi connectivity index (χ4v) is 2.46. The van der Waals surface area contributed by atoms with Gasteiger partial charge in [0.1, 0.15) is 6.04 Å². The average molecular weight is 248 g/mol. The van der Waals surface area contributed by atoms with E-state index in [1.54, 1.807) is 0 Å². The van der Waals surface area contributed by atoms with Crippen LogP contribution in [0, 0.1) is 0 Å². The SMILES string of the molecule is CC1CN(C(C(=O)O)c2ccccc2)CCN1C. The summed E-state index contributed by atoms with van der Waals surface area (Å²) in [6.45, 7) is 4.64. The van der Waals surface area contributed by atoms with Gasteiger partial charge in [0.2, 0.25) is 0 Å². The highest BCUT2D eigenvalue weighted by atomic mass is 16.4. The van der Waals surface area contributed by atoms with Gasteiger partial charge >= 0.3 is 5.97 Å². The lowest BCUT2D eigenvalue weighted by Gasteiger charge is -2.40. The van der Waals surface area contributed by atoms with Gasteiger partial charge in [-0.3, -0.25) is 9.69 Å². The van der Waals surface area contributed by atoms with E-state index in [0.717, 1.165) is 25.2 Å². The number of piperazine rings is 1. The molecule has 1 heterocycles. The molecule has 4 heteroatoms. The van der Waals surface area contributed by atoms with Crippen LogP contribution in [0.4, 0.5) is 0 Å². The minimum absolute atomic E-state index is 0.393. The number of rotatable bonds is 3. The maximum absolute atomic E-state index is 11.5. The summed E-state index contributed by atoms with van der Waals surface area (Å²) in [5.41, 5.74) is 0.863. The highest BCUT2D eigenvalue weighted by molar-refractivity contribution is 5.75. The summed E-state index contributed by atoms with van der Waals surface area (Å²) in [5.74, 6) is -0.766. The smallest absolute Gasteiger partial charge is 0.325 e. The lowest BCUT2D eigenvalue weighted by Crippen LogP contribution is -2.52. The largest absolute Gasteiger partial charge is 0.480 e. The van der Waals surface area contributed by atoms with Gasteiger partial charge in [0.15, 0.2) is 0 Å². The van der Waals surface area contributed by atoms with Crippen molar-refractivity contribution in [2.75, 3.05) is 26.7 Å². The Morgan fingerprint density at radius 3 is 2.56 bits per heavy atom. The lowest BCUT2D eigenvalue weighted by molar-refractivity contribution is -0.144. The van der Waals surface area contributed by atoms with Gasteiger partial charge in [-0.1, -0.05) is 30.3 Å². The first-order valence-electron chi connectivity index (χ1n) is 6.31. The summed E-state index contributed by atoms with van der Waals surface area (Å²) in [7, 11) is 2.08. The molecule has 1 fully saturated rings. The van der Waals surface area contributed by atoms with Crippen molar-refractivity contribution < 1.29 is 9.90 Å². The van der Waals surface area contributed by atoms with E-state index < -0.39 is 12.0 Å². The molecule has 1 aliphatic rings.